The van der Waals surface area contributed by atoms with Gasteiger partial charge in [0.1, 0.15) is 5.75 Å². The molecule has 18 heavy (non-hydrogen) atoms. The molecule has 0 unspecified atom stereocenters. The Labute approximate surface area is 113 Å². The SMILES string of the molecule is BrCc1ccc(Oc2ccc3c(c2)OCO3)nc1. The van der Waals surface area contributed by atoms with Crippen molar-refractivity contribution in [2.45, 2.75) is 5.33 Å². The average molecular weight is 308 g/mol. The van der Waals surface area contributed by atoms with Gasteiger partial charge in [0, 0.05) is 23.7 Å². The molecule has 0 amide bonds. The van der Waals surface area contributed by atoms with Crippen LogP contribution in [0.25, 0.3) is 0 Å². The third-order valence-electron chi connectivity index (χ3n) is 2.52. The molecule has 0 fully saturated rings. The van der Waals surface area contributed by atoms with Gasteiger partial charge in [-0.15, -0.1) is 0 Å². The molecule has 0 aliphatic carbocycles. The predicted molar refractivity (Wildman–Crippen MR) is 69.5 cm³/mol. The average Bonchev–Trinajstić information content (AvgIpc) is 2.87. The van der Waals surface area contributed by atoms with E-state index in [0.29, 0.717) is 17.4 Å². The van der Waals surface area contributed by atoms with E-state index in [9.17, 15) is 0 Å². The van der Waals surface area contributed by atoms with E-state index in [1.54, 1.807) is 12.3 Å². The zero-order valence-electron chi connectivity index (χ0n) is 9.43. The first-order valence-electron chi connectivity index (χ1n) is 5.43. The number of rotatable bonds is 3. The lowest BCUT2D eigenvalue weighted by molar-refractivity contribution is 0.174. The number of pyridine rings is 1. The number of halogens is 1. The zero-order chi connectivity index (χ0) is 12.4. The quantitative estimate of drug-likeness (QED) is 0.814. The topological polar surface area (TPSA) is 40.6 Å². The fraction of sp³-hybridized carbons (Fsp3) is 0.154. The molecule has 4 nitrogen and oxygen atoms in total. The maximum absolute atomic E-state index is 5.64. The van der Waals surface area contributed by atoms with Gasteiger partial charge in [0.25, 0.3) is 0 Å². The van der Waals surface area contributed by atoms with Gasteiger partial charge in [-0.2, -0.15) is 0 Å². The summed E-state index contributed by atoms with van der Waals surface area (Å²) in [7, 11) is 0. The number of alkyl halides is 1. The zero-order valence-corrected chi connectivity index (χ0v) is 11.0. The van der Waals surface area contributed by atoms with E-state index < -0.39 is 0 Å². The van der Waals surface area contributed by atoms with Crippen molar-refractivity contribution in [3.63, 3.8) is 0 Å². The number of ether oxygens (including phenoxy) is 3. The Morgan fingerprint density at radius 3 is 2.83 bits per heavy atom. The molecule has 0 spiro atoms. The van der Waals surface area contributed by atoms with Crippen LogP contribution in [0, 0.1) is 0 Å². The van der Waals surface area contributed by atoms with Crippen molar-refractivity contribution in [1.29, 1.82) is 0 Å². The number of fused-ring (bicyclic) bond motifs is 1. The summed E-state index contributed by atoms with van der Waals surface area (Å²) >= 11 is 3.37. The van der Waals surface area contributed by atoms with E-state index in [-0.39, 0.29) is 6.79 Å². The predicted octanol–water partition coefficient (Wildman–Crippen LogP) is 3.50. The fourth-order valence-electron chi connectivity index (χ4n) is 1.61. The molecule has 0 N–H and O–H groups in total. The molecule has 0 saturated carbocycles. The lowest BCUT2D eigenvalue weighted by Crippen LogP contribution is -1.92. The Morgan fingerprint density at radius 1 is 1.17 bits per heavy atom. The third-order valence-corrected chi connectivity index (χ3v) is 3.17. The van der Waals surface area contributed by atoms with Crippen LogP contribution in [0.3, 0.4) is 0 Å². The van der Waals surface area contributed by atoms with E-state index in [1.165, 1.54) is 0 Å². The summed E-state index contributed by atoms with van der Waals surface area (Å²) in [6.07, 6.45) is 1.77. The largest absolute Gasteiger partial charge is 0.454 e. The molecule has 1 aromatic heterocycles. The van der Waals surface area contributed by atoms with Crippen molar-refractivity contribution >= 4 is 15.9 Å². The van der Waals surface area contributed by atoms with Crippen LogP contribution in [-0.2, 0) is 5.33 Å². The second-order valence-corrected chi connectivity index (χ2v) is 4.32. The van der Waals surface area contributed by atoms with Gasteiger partial charge >= 0.3 is 0 Å². The number of aromatic nitrogens is 1. The normalized spacial score (nSPS) is 12.5. The van der Waals surface area contributed by atoms with Crippen LogP contribution >= 0.6 is 15.9 Å². The molecule has 0 atom stereocenters. The smallest absolute Gasteiger partial charge is 0.231 e. The van der Waals surface area contributed by atoms with Crippen LogP contribution in [0.5, 0.6) is 23.1 Å². The summed E-state index contributed by atoms with van der Waals surface area (Å²) in [4.78, 5) is 4.21. The highest BCUT2D eigenvalue weighted by molar-refractivity contribution is 9.08. The molecule has 1 aliphatic heterocycles. The van der Waals surface area contributed by atoms with Gasteiger partial charge in [-0.25, -0.2) is 4.98 Å². The highest BCUT2D eigenvalue weighted by Gasteiger charge is 2.14. The first-order valence-corrected chi connectivity index (χ1v) is 6.56. The van der Waals surface area contributed by atoms with Crippen LogP contribution in [0.4, 0.5) is 0 Å². The molecule has 5 heteroatoms. The van der Waals surface area contributed by atoms with Crippen LogP contribution in [-0.4, -0.2) is 11.8 Å². The van der Waals surface area contributed by atoms with Gasteiger partial charge in [0.2, 0.25) is 12.7 Å². The minimum atomic E-state index is 0.261. The Hall–Kier alpha value is -1.75. The molecule has 2 aromatic rings. The Balaban J connectivity index is 1.79. The molecular formula is C13H10BrNO3. The fourth-order valence-corrected chi connectivity index (χ4v) is 1.94. The van der Waals surface area contributed by atoms with Gasteiger partial charge in [-0.3, -0.25) is 0 Å². The lowest BCUT2D eigenvalue weighted by atomic mass is 10.3. The summed E-state index contributed by atoms with van der Waals surface area (Å²) in [6.45, 7) is 0.261. The minimum absolute atomic E-state index is 0.261. The molecule has 0 radical (unpaired) electrons. The van der Waals surface area contributed by atoms with Gasteiger partial charge in [-0.1, -0.05) is 22.0 Å². The lowest BCUT2D eigenvalue weighted by Gasteiger charge is -2.05. The standard InChI is InChI=1S/C13H10BrNO3/c14-6-9-1-4-13(15-7-9)18-10-2-3-11-12(5-10)17-8-16-11/h1-5,7H,6,8H2. The maximum atomic E-state index is 5.64. The van der Waals surface area contributed by atoms with Crippen LogP contribution < -0.4 is 14.2 Å². The molecule has 1 aromatic carbocycles. The number of nitrogens with zero attached hydrogens (tertiary/aromatic N) is 1. The molecule has 92 valence electrons. The Kier molecular flexibility index (Phi) is 3.06. The number of hydrogen-bond donors (Lipinski definition) is 0. The molecule has 1 aliphatic rings. The van der Waals surface area contributed by atoms with Gasteiger partial charge in [-0.05, 0) is 17.7 Å². The number of benzene rings is 1. The molecule has 0 saturated heterocycles. The van der Waals surface area contributed by atoms with Crippen molar-refractivity contribution in [2.24, 2.45) is 0 Å². The second-order valence-electron chi connectivity index (χ2n) is 3.76. The minimum Gasteiger partial charge on any atom is -0.454 e. The van der Waals surface area contributed by atoms with E-state index in [1.807, 2.05) is 24.3 Å². The highest BCUT2D eigenvalue weighted by Crippen LogP contribution is 2.36. The molecule has 3 rings (SSSR count). The first-order chi connectivity index (χ1) is 8.85. The van der Waals surface area contributed by atoms with Gasteiger partial charge in [0.15, 0.2) is 11.5 Å². The van der Waals surface area contributed by atoms with Crippen LogP contribution in [0.1, 0.15) is 5.56 Å². The summed E-state index contributed by atoms with van der Waals surface area (Å²) in [5, 5.41) is 0.782. The summed E-state index contributed by atoms with van der Waals surface area (Å²) < 4.78 is 16.2. The van der Waals surface area contributed by atoms with Gasteiger partial charge in [0.05, 0.1) is 0 Å². The van der Waals surface area contributed by atoms with Crippen molar-refractivity contribution in [3.8, 4) is 23.1 Å². The highest BCUT2D eigenvalue weighted by atomic mass is 79.9. The molecular weight excluding hydrogens is 298 g/mol. The Bertz CT molecular complexity index is 557. The van der Waals surface area contributed by atoms with Crippen LogP contribution in [0.2, 0.25) is 0 Å². The van der Waals surface area contributed by atoms with E-state index in [2.05, 4.69) is 20.9 Å². The van der Waals surface area contributed by atoms with Crippen LogP contribution in [0.15, 0.2) is 36.5 Å². The molecule has 2 heterocycles. The van der Waals surface area contributed by atoms with Crippen molar-refractivity contribution in [3.05, 3.63) is 42.1 Å². The summed E-state index contributed by atoms with van der Waals surface area (Å²) in [6, 6.07) is 9.24. The van der Waals surface area contributed by atoms with Crippen molar-refractivity contribution in [1.82, 2.24) is 4.98 Å². The van der Waals surface area contributed by atoms with Crippen molar-refractivity contribution < 1.29 is 14.2 Å². The maximum Gasteiger partial charge on any atom is 0.231 e. The van der Waals surface area contributed by atoms with Gasteiger partial charge < -0.3 is 14.2 Å². The number of hydrogen-bond acceptors (Lipinski definition) is 4. The Morgan fingerprint density at radius 2 is 2.06 bits per heavy atom. The van der Waals surface area contributed by atoms with E-state index >= 15 is 0 Å². The van der Waals surface area contributed by atoms with Crippen molar-refractivity contribution in [2.75, 3.05) is 6.79 Å². The molecule has 0 bridgehead atoms. The second kappa shape index (κ2) is 4.86. The summed E-state index contributed by atoms with van der Waals surface area (Å²) in [5.74, 6) is 2.67. The third kappa shape index (κ3) is 2.26. The van der Waals surface area contributed by atoms with E-state index in [0.717, 1.165) is 16.6 Å². The monoisotopic (exact) mass is 307 g/mol. The first kappa shape index (κ1) is 11.3. The van der Waals surface area contributed by atoms with E-state index in [4.69, 9.17) is 14.2 Å². The summed E-state index contributed by atoms with van der Waals surface area (Å²) in [5.41, 5.74) is 1.10.